The van der Waals surface area contributed by atoms with E-state index in [-0.39, 0.29) is 6.09 Å². The summed E-state index contributed by atoms with van der Waals surface area (Å²) in [7, 11) is 2.17. The molecule has 0 aromatic carbocycles. The van der Waals surface area contributed by atoms with Crippen LogP contribution in [0.25, 0.3) is 0 Å². The number of rotatable bonds is 6. The average Bonchev–Trinajstić information content (AvgIpc) is 2.37. The molecule has 124 valence electrons. The third kappa shape index (κ3) is 8.27. The second-order valence-electron chi connectivity index (χ2n) is 7.11. The summed E-state index contributed by atoms with van der Waals surface area (Å²) >= 11 is 0. The molecular formula is C16H33N3O2. The van der Waals surface area contributed by atoms with E-state index in [1.165, 1.54) is 12.8 Å². The Balaban J connectivity index is 2.34. The van der Waals surface area contributed by atoms with Gasteiger partial charge in [-0.15, -0.1) is 0 Å². The summed E-state index contributed by atoms with van der Waals surface area (Å²) in [5.41, 5.74) is -0.439. The minimum atomic E-state index is -0.439. The predicted molar refractivity (Wildman–Crippen MR) is 86.6 cm³/mol. The Morgan fingerprint density at radius 1 is 1.33 bits per heavy atom. The molecule has 0 bridgehead atoms. The fourth-order valence-electron chi connectivity index (χ4n) is 2.62. The first-order valence-electron chi connectivity index (χ1n) is 8.21. The fourth-order valence-corrected chi connectivity index (χ4v) is 2.62. The van der Waals surface area contributed by atoms with E-state index in [2.05, 4.69) is 29.5 Å². The van der Waals surface area contributed by atoms with Gasteiger partial charge >= 0.3 is 6.09 Å². The Kier molecular flexibility index (Phi) is 7.46. The molecule has 1 heterocycles. The van der Waals surface area contributed by atoms with E-state index in [0.717, 1.165) is 25.9 Å². The molecular weight excluding hydrogens is 266 g/mol. The zero-order valence-electron chi connectivity index (χ0n) is 14.4. The molecule has 1 unspecified atom stereocenters. The van der Waals surface area contributed by atoms with Crippen LogP contribution in [0.5, 0.6) is 0 Å². The van der Waals surface area contributed by atoms with Gasteiger partial charge in [0.25, 0.3) is 0 Å². The van der Waals surface area contributed by atoms with Gasteiger partial charge in [-0.05, 0) is 60.2 Å². The van der Waals surface area contributed by atoms with Crippen molar-refractivity contribution in [1.29, 1.82) is 0 Å². The Hall–Kier alpha value is -0.810. The monoisotopic (exact) mass is 299 g/mol. The van der Waals surface area contributed by atoms with E-state index in [9.17, 15) is 4.79 Å². The van der Waals surface area contributed by atoms with Gasteiger partial charge in [0, 0.05) is 18.6 Å². The molecule has 0 radical (unpaired) electrons. The maximum Gasteiger partial charge on any atom is 0.407 e. The number of carbonyl (C=O) groups excluding carboxylic acids is 1. The zero-order chi connectivity index (χ0) is 15.9. The van der Waals surface area contributed by atoms with Gasteiger partial charge in [-0.2, -0.15) is 0 Å². The van der Waals surface area contributed by atoms with Crippen LogP contribution in [0.15, 0.2) is 0 Å². The van der Waals surface area contributed by atoms with Crippen molar-refractivity contribution in [2.45, 2.75) is 71.1 Å². The summed E-state index contributed by atoms with van der Waals surface area (Å²) in [5, 5.41) is 6.59. The lowest BCUT2D eigenvalue weighted by Gasteiger charge is -2.32. The molecule has 5 nitrogen and oxygen atoms in total. The zero-order valence-corrected chi connectivity index (χ0v) is 14.4. The van der Waals surface area contributed by atoms with Gasteiger partial charge in [0.05, 0.1) is 0 Å². The molecule has 0 aliphatic carbocycles. The van der Waals surface area contributed by atoms with Crippen LogP contribution in [0.1, 0.15) is 53.4 Å². The number of hydrogen-bond acceptors (Lipinski definition) is 4. The second kappa shape index (κ2) is 8.59. The van der Waals surface area contributed by atoms with Crippen LogP contribution in [-0.4, -0.2) is 55.4 Å². The quantitative estimate of drug-likeness (QED) is 0.790. The predicted octanol–water partition coefficient (Wildman–Crippen LogP) is 2.36. The van der Waals surface area contributed by atoms with Crippen molar-refractivity contribution < 1.29 is 9.53 Å². The molecule has 1 aliphatic rings. The van der Waals surface area contributed by atoms with Crippen molar-refractivity contribution in [2.75, 3.05) is 26.7 Å². The topological polar surface area (TPSA) is 53.6 Å². The first-order chi connectivity index (χ1) is 9.80. The molecule has 1 aliphatic heterocycles. The molecule has 0 aromatic rings. The van der Waals surface area contributed by atoms with Gasteiger partial charge in [-0.1, -0.05) is 13.3 Å². The van der Waals surface area contributed by atoms with E-state index in [0.29, 0.717) is 18.6 Å². The maximum absolute atomic E-state index is 11.7. The number of likely N-dealkylation sites (tertiary alicyclic amines) is 1. The van der Waals surface area contributed by atoms with Gasteiger partial charge in [-0.3, -0.25) is 0 Å². The number of nitrogens with zero attached hydrogens (tertiary/aromatic N) is 1. The summed E-state index contributed by atoms with van der Waals surface area (Å²) < 4.78 is 5.29. The van der Waals surface area contributed by atoms with Gasteiger partial charge in [-0.25, -0.2) is 4.79 Å². The molecule has 0 spiro atoms. The molecule has 0 aromatic heterocycles. The van der Waals surface area contributed by atoms with Crippen LogP contribution in [0, 0.1) is 0 Å². The summed E-state index contributed by atoms with van der Waals surface area (Å²) in [5.74, 6) is 0. The second-order valence-corrected chi connectivity index (χ2v) is 7.11. The highest BCUT2D eigenvalue weighted by atomic mass is 16.6. The minimum Gasteiger partial charge on any atom is -0.444 e. The highest BCUT2D eigenvalue weighted by Crippen LogP contribution is 2.11. The summed E-state index contributed by atoms with van der Waals surface area (Å²) in [6.07, 6.45) is 4.23. The lowest BCUT2D eigenvalue weighted by molar-refractivity contribution is 0.0520. The molecule has 1 rings (SSSR count). The van der Waals surface area contributed by atoms with Crippen LogP contribution in [-0.2, 0) is 4.74 Å². The number of hydrogen-bond donors (Lipinski definition) is 2. The molecule has 5 heteroatoms. The molecule has 0 saturated carbocycles. The van der Waals surface area contributed by atoms with Crippen molar-refractivity contribution in [3.05, 3.63) is 0 Å². The van der Waals surface area contributed by atoms with Gasteiger partial charge < -0.3 is 20.3 Å². The first kappa shape index (κ1) is 18.2. The van der Waals surface area contributed by atoms with Crippen LogP contribution in [0.3, 0.4) is 0 Å². The van der Waals surface area contributed by atoms with Crippen LogP contribution >= 0.6 is 0 Å². The number of alkyl carbamates (subject to hydrolysis) is 1. The average molecular weight is 299 g/mol. The SMILES string of the molecule is CCCC(CNC(=O)OC(C)(C)C)NC1CCN(C)CC1. The normalized spacial score (nSPS) is 19.3. The molecule has 2 N–H and O–H groups in total. The van der Waals surface area contributed by atoms with E-state index in [4.69, 9.17) is 4.74 Å². The van der Waals surface area contributed by atoms with E-state index in [1.54, 1.807) is 0 Å². The number of nitrogens with one attached hydrogen (secondary N) is 2. The molecule has 21 heavy (non-hydrogen) atoms. The van der Waals surface area contributed by atoms with Gasteiger partial charge in [0.2, 0.25) is 0 Å². The lowest BCUT2D eigenvalue weighted by Crippen LogP contribution is -2.49. The van der Waals surface area contributed by atoms with Crippen molar-refractivity contribution in [1.82, 2.24) is 15.5 Å². The Morgan fingerprint density at radius 2 is 1.95 bits per heavy atom. The lowest BCUT2D eigenvalue weighted by atomic mass is 10.0. The molecule has 1 atom stereocenters. The van der Waals surface area contributed by atoms with Gasteiger partial charge in [0.1, 0.15) is 5.60 Å². The Labute approximate surface area is 129 Å². The van der Waals surface area contributed by atoms with Crippen LogP contribution < -0.4 is 10.6 Å². The third-order valence-electron chi connectivity index (χ3n) is 3.72. The minimum absolute atomic E-state index is 0.325. The Morgan fingerprint density at radius 3 is 2.48 bits per heavy atom. The molecule has 1 amide bonds. The number of amides is 1. The fraction of sp³-hybridized carbons (Fsp3) is 0.938. The molecule has 1 fully saturated rings. The van der Waals surface area contributed by atoms with Crippen molar-refractivity contribution in [2.24, 2.45) is 0 Å². The standard InChI is InChI=1S/C16H33N3O2/c1-6-7-14(12-17-15(20)21-16(2,3)4)18-13-8-10-19(5)11-9-13/h13-14,18H,6-12H2,1-5H3,(H,17,20). The maximum atomic E-state index is 11.7. The largest absolute Gasteiger partial charge is 0.444 e. The highest BCUT2D eigenvalue weighted by Gasteiger charge is 2.21. The third-order valence-corrected chi connectivity index (χ3v) is 3.72. The number of piperidine rings is 1. The van der Waals surface area contributed by atoms with Crippen LogP contribution in [0.4, 0.5) is 4.79 Å². The molecule has 1 saturated heterocycles. The van der Waals surface area contributed by atoms with Crippen molar-refractivity contribution in [3.8, 4) is 0 Å². The number of carbonyl (C=O) groups is 1. The highest BCUT2D eigenvalue weighted by molar-refractivity contribution is 5.67. The smallest absolute Gasteiger partial charge is 0.407 e. The summed E-state index contributed by atoms with van der Waals surface area (Å²) in [4.78, 5) is 14.1. The van der Waals surface area contributed by atoms with Crippen molar-refractivity contribution >= 4 is 6.09 Å². The van der Waals surface area contributed by atoms with E-state index in [1.807, 2.05) is 20.8 Å². The Bertz CT molecular complexity index is 307. The van der Waals surface area contributed by atoms with Crippen molar-refractivity contribution in [3.63, 3.8) is 0 Å². The first-order valence-corrected chi connectivity index (χ1v) is 8.21. The van der Waals surface area contributed by atoms with Gasteiger partial charge in [0.15, 0.2) is 0 Å². The van der Waals surface area contributed by atoms with E-state index >= 15 is 0 Å². The van der Waals surface area contributed by atoms with E-state index < -0.39 is 5.60 Å². The number of ether oxygens (including phenoxy) is 1. The summed E-state index contributed by atoms with van der Waals surface area (Å²) in [6.45, 7) is 10.8. The van der Waals surface area contributed by atoms with Crippen LogP contribution in [0.2, 0.25) is 0 Å². The summed E-state index contributed by atoms with van der Waals surface area (Å²) in [6, 6.07) is 0.897.